The van der Waals surface area contributed by atoms with E-state index in [9.17, 15) is 9.59 Å². The monoisotopic (exact) mass is 520 g/mol. The molecule has 3 aromatic rings. The molecule has 0 aliphatic rings. The van der Waals surface area contributed by atoms with Crippen LogP contribution in [0.4, 0.5) is 11.4 Å². The maximum atomic E-state index is 12.8. The van der Waals surface area contributed by atoms with E-state index in [1.54, 1.807) is 35.2 Å². The highest BCUT2D eigenvalue weighted by molar-refractivity contribution is 9.10. The fraction of sp³-hybridized carbons (Fsp3) is 0.130. The Morgan fingerprint density at radius 1 is 1.03 bits per heavy atom. The van der Waals surface area contributed by atoms with Gasteiger partial charge < -0.3 is 15.0 Å². The van der Waals surface area contributed by atoms with Crippen LogP contribution in [0.2, 0.25) is 10.0 Å². The van der Waals surface area contributed by atoms with Crippen molar-refractivity contribution in [1.29, 1.82) is 0 Å². The first-order valence-electron chi connectivity index (χ1n) is 9.43. The van der Waals surface area contributed by atoms with Crippen molar-refractivity contribution >= 4 is 62.3 Å². The summed E-state index contributed by atoms with van der Waals surface area (Å²) in [5.41, 5.74) is 1.91. The predicted molar refractivity (Wildman–Crippen MR) is 129 cm³/mol. The normalized spacial score (nSPS) is 10.5. The fourth-order valence-electron chi connectivity index (χ4n) is 2.90. The Balaban J connectivity index is 1.61. The molecule has 2 amide bonds. The van der Waals surface area contributed by atoms with Gasteiger partial charge >= 0.3 is 0 Å². The van der Waals surface area contributed by atoms with Crippen LogP contribution < -0.4 is 15.0 Å². The van der Waals surface area contributed by atoms with Crippen LogP contribution in [-0.4, -0.2) is 25.0 Å². The fourth-order valence-corrected chi connectivity index (χ4v) is 4.27. The SMILES string of the molecule is CCN(C(=O)c1ccc(NC(=O)COc2c(Cl)cc(Cl)cc2Br)cc1)c1ccccc1. The van der Waals surface area contributed by atoms with Crippen LogP contribution in [0.15, 0.2) is 71.2 Å². The van der Waals surface area contributed by atoms with Crippen LogP contribution in [-0.2, 0) is 4.79 Å². The Bertz CT molecular complexity index is 1050. The summed E-state index contributed by atoms with van der Waals surface area (Å²) < 4.78 is 6.06. The molecule has 0 aromatic heterocycles. The van der Waals surface area contributed by atoms with Crippen molar-refractivity contribution < 1.29 is 14.3 Å². The number of anilines is 2. The number of hydrogen-bond donors (Lipinski definition) is 1. The van der Waals surface area contributed by atoms with Gasteiger partial charge in [0, 0.05) is 28.5 Å². The lowest BCUT2D eigenvalue weighted by Gasteiger charge is -2.21. The van der Waals surface area contributed by atoms with Gasteiger partial charge in [0.1, 0.15) is 0 Å². The van der Waals surface area contributed by atoms with E-state index in [1.165, 1.54) is 6.07 Å². The van der Waals surface area contributed by atoms with Crippen LogP contribution in [0.5, 0.6) is 5.75 Å². The van der Waals surface area contributed by atoms with Crippen molar-refractivity contribution in [2.75, 3.05) is 23.4 Å². The van der Waals surface area contributed by atoms with E-state index < -0.39 is 0 Å². The summed E-state index contributed by atoms with van der Waals surface area (Å²) in [7, 11) is 0. The Labute approximate surface area is 199 Å². The second-order valence-corrected chi connectivity index (χ2v) is 8.20. The Kier molecular flexibility index (Phi) is 7.96. The second-order valence-electron chi connectivity index (χ2n) is 6.50. The van der Waals surface area contributed by atoms with Gasteiger partial charge in [-0.3, -0.25) is 9.59 Å². The number of amides is 2. The van der Waals surface area contributed by atoms with Crippen molar-refractivity contribution in [2.24, 2.45) is 0 Å². The molecular weight excluding hydrogens is 503 g/mol. The molecule has 0 unspecified atom stereocenters. The molecule has 0 fully saturated rings. The maximum absolute atomic E-state index is 12.8. The van der Waals surface area contributed by atoms with Gasteiger partial charge in [0.25, 0.3) is 11.8 Å². The van der Waals surface area contributed by atoms with Crippen LogP contribution in [0.25, 0.3) is 0 Å². The topological polar surface area (TPSA) is 58.6 Å². The first-order valence-corrected chi connectivity index (χ1v) is 11.0. The Morgan fingerprint density at radius 3 is 2.32 bits per heavy atom. The maximum Gasteiger partial charge on any atom is 0.262 e. The summed E-state index contributed by atoms with van der Waals surface area (Å²) in [6, 6.07) is 19.3. The number of halogens is 3. The number of carbonyl (C=O) groups excluding carboxylic acids is 2. The summed E-state index contributed by atoms with van der Waals surface area (Å²) in [5.74, 6) is -0.142. The van der Waals surface area contributed by atoms with Crippen LogP contribution >= 0.6 is 39.1 Å². The minimum Gasteiger partial charge on any atom is -0.481 e. The van der Waals surface area contributed by atoms with Gasteiger partial charge in [-0.25, -0.2) is 0 Å². The van der Waals surface area contributed by atoms with Gasteiger partial charge in [0.15, 0.2) is 12.4 Å². The molecule has 3 aromatic carbocycles. The number of ether oxygens (including phenoxy) is 1. The first-order chi connectivity index (χ1) is 14.9. The molecule has 0 spiro atoms. The number of rotatable bonds is 7. The van der Waals surface area contributed by atoms with E-state index in [-0.39, 0.29) is 18.4 Å². The molecule has 1 N–H and O–H groups in total. The third-order valence-electron chi connectivity index (χ3n) is 4.36. The summed E-state index contributed by atoms with van der Waals surface area (Å²) in [6.07, 6.45) is 0. The third-order valence-corrected chi connectivity index (χ3v) is 5.44. The molecule has 0 bridgehead atoms. The van der Waals surface area contributed by atoms with Crippen molar-refractivity contribution in [3.05, 3.63) is 86.8 Å². The molecule has 0 heterocycles. The number of para-hydroxylation sites is 1. The van der Waals surface area contributed by atoms with E-state index in [0.29, 0.717) is 38.1 Å². The van der Waals surface area contributed by atoms with Crippen molar-refractivity contribution in [1.82, 2.24) is 0 Å². The van der Waals surface area contributed by atoms with E-state index in [4.69, 9.17) is 27.9 Å². The quantitative estimate of drug-likeness (QED) is 0.389. The number of hydrogen-bond acceptors (Lipinski definition) is 3. The van der Waals surface area contributed by atoms with Crippen LogP contribution in [0, 0.1) is 0 Å². The lowest BCUT2D eigenvalue weighted by Crippen LogP contribution is -2.30. The highest BCUT2D eigenvalue weighted by Crippen LogP contribution is 2.36. The number of carbonyl (C=O) groups is 2. The summed E-state index contributed by atoms with van der Waals surface area (Å²) >= 11 is 15.3. The highest BCUT2D eigenvalue weighted by Gasteiger charge is 2.16. The van der Waals surface area contributed by atoms with Gasteiger partial charge in [-0.2, -0.15) is 0 Å². The van der Waals surface area contributed by atoms with E-state index in [1.807, 2.05) is 37.3 Å². The van der Waals surface area contributed by atoms with Gasteiger partial charge in [-0.1, -0.05) is 41.4 Å². The molecule has 0 aliphatic carbocycles. The Hall–Kier alpha value is -2.54. The minimum atomic E-state index is -0.364. The molecule has 0 atom stereocenters. The number of benzene rings is 3. The summed E-state index contributed by atoms with van der Waals surface area (Å²) in [6.45, 7) is 2.23. The standard InChI is InChI=1S/C23H19BrCl2N2O3/c1-2-28(18-6-4-3-5-7-18)23(30)15-8-10-17(11-9-15)27-21(29)14-31-22-19(24)12-16(25)13-20(22)26/h3-13H,2,14H2,1H3,(H,27,29). The molecule has 160 valence electrons. The van der Waals surface area contributed by atoms with Gasteiger partial charge in [0.05, 0.1) is 9.50 Å². The highest BCUT2D eigenvalue weighted by atomic mass is 79.9. The molecule has 3 rings (SSSR count). The zero-order chi connectivity index (χ0) is 22.4. The summed E-state index contributed by atoms with van der Waals surface area (Å²) in [5, 5.41) is 3.49. The average molecular weight is 522 g/mol. The third kappa shape index (κ3) is 6.00. The smallest absolute Gasteiger partial charge is 0.262 e. The lowest BCUT2D eigenvalue weighted by molar-refractivity contribution is -0.118. The molecule has 0 radical (unpaired) electrons. The zero-order valence-corrected chi connectivity index (χ0v) is 19.7. The predicted octanol–water partition coefficient (Wildman–Crippen LogP) is 6.44. The molecule has 0 saturated carbocycles. The molecule has 0 aliphatic heterocycles. The molecule has 5 nitrogen and oxygen atoms in total. The first kappa shape index (κ1) is 23.1. The zero-order valence-electron chi connectivity index (χ0n) is 16.6. The van der Waals surface area contributed by atoms with E-state index >= 15 is 0 Å². The number of nitrogens with zero attached hydrogens (tertiary/aromatic N) is 1. The molecular formula is C23H19BrCl2N2O3. The lowest BCUT2D eigenvalue weighted by atomic mass is 10.1. The Morgan fingerprint density at radius 2 is 1.71 bits per heavy atom. The second kappa shape index (κ2) is 10.7. The van der Waals surface area contributed by atoms with Gasteiger partial charge in [-0.15, -0.1) is 0 Å². The van der Waals surface area contributed by atoms with Gasteiger partial charge in [-0.05, 0) is 71.4 Å². The molecule has 8 heteroatoms. The van der Waals surface area contributed by atoms with E-state index in [2.05, 4.69) is 21.2 Å². The van der Waals surface area contributed by atoms with Crippen molar-refractivity contribution in [3.63, 3.8) is 0 Å². The van der Waals surface area contributed by atoms with Gasteiger partial charge in [0.2, 0.25) is 0 Å². The van der Waals surface area contributed by atoms with E-state index in [0.717, 1.165) is 5.69 Å². The van der Waals surface area contributed by atoms with Crippen LogP contribution in [0.3, 0.4) is 0 Å². The minimum absolute atomic E-state index is 0.114. The van der Waals surface area contributed by atoms with Crippen LogP contribution in [0.1, 0.15) is 17.3 Å². The largest absolute Gasteiger partial charge is 0.481 e. The average Bonchev–Trinajstić information content (AvgIpc) is 2.74. The van der Waals surface area contributed by atoms with Crippen molar-refractivity contribution in [2.45, 2.75) is 6.92 Å². The molecule has 31 heavy (non-hydrogen) atoms. The summed E-state index contributed by atoms with van der Waals surface area (Å²) in [4.78, 5) is 26.8. The van der Waals surface area contributed by atoms with Crippen molar-refractivity contribution in [3.8, 4) is 5.75 Å². The molecule has 0 saturated heterocycles. The number of nitrogens with one attached hydrogen (secondary N) is 1.